The van der Waals surface area contributed by atoms with Crippen molar-refractivity contribution in [2.45, 2.75) is 32.2 Å². The summed E-state index contributed by atoms with van der Waals surface area (Å²) in [5.74, 6) is 0.0545. The van der Waals surface area contributed by atoms with E-state index in [0.29, 0.717) is 33.9 Å². The number of ether oxygens (including phenoxy) is 1. The summed E-state index contributed by atoms with van der Waals surface area (Å²) in [4.78, 5) is 26.2. The molecule has 1 fully saturated rings. The Labute approximate surface area is 209 Å². The second-order valence-corrected chi connectivity index (χ2v) is 9.73. The van der Waals surface area contributed by atoms with Crippen LogP contribution in [-0.4, -0.2) is 47.2 Å². The van der Waals surface area contributed by atoms with Crippen molar-refractivity contribution in [3.8, 4) is 22.5 Å². The number of H-pyrrole nitrogens is 1. The number of rotatable bonds is 5. The molecule has 4 aromatic rings. The van der Waals surface area contributed by atoms with E-state index in [4.69, 9.17) is 15.5 Å². The van der Waals surface area contributed by atoms with Gasteiger partial charge in [0.25, 0.3) is 5.56 Å². The first-order valence-electron chi connectivity index (χ1n) is 12.1. The highest BCUT2D eigenvalue weighted by molar-refractivity contribution is 5.88. The van der Waals surface area contributed by atoms with Crippen LogP contribution in [0.3, 0.4) is 0 Å². The Morgan fingerprint density at radius 1 is 1.14 bits per heavy atom. The summed E-state index contributed by atoms with van der Waals surface area (Å²) in [6.07, 6.45) is 3.68. The van der Waals surface area contributed by atoms with Crippen LogP contribution in [0, 0.1) is 12.7 Å². The van der Waals surface area contributed by atoms with E-state index in [0.717, 1.165) is 38.2 Å². The number of hydrogen-bond acceptors (Lipinski definition) is 6. The first-order valence-corrected chi connectivity index (χ1v) is 12.1. The molecule has 0 spiro atoms. The zero-order valence-corrected chi connectivity index (χ0v) is 20.8. The van der Waals surface area contributed by atoms with Crippen molar-refractivity contribution >= 4 is 16.6 Å². The fourth-order valence-corrected chi connectivity index (χ4v) is 5.03. The molecule has 186 valence electrons. The van der Waals surface area contributed by atoms with E-state index in [1.807, 2.05) is 0 Å². The van der Waals surface area contributed by atoms with Crippen LogP contribution in [0.1, 0.15) is 35.6 Å². The van der Waals surface area contributed by atoms with Crippen molar-refractivity contribution in [3.63, 3.8) is 0 Å². The zero-order valence-electron chi connectivity index (χ0n) is 20.8. The van der Waals surface area contributed by atoms with Crippen molar-refractivity contribution in [1.29, 1.82) is 0 Å². The number of nitrogens with one attached hydrogen (secondary N) is 1. The third-order valence-corrected chi connectivity index (χ3v) is 6.69. The quantitative estimate of drug-likeness (QED) is 0.426. The molecular formula is C28H30FN5O2. The van der Waals surface area contributed by atoms with Crippen molar-refractivity contribution in [2.75, 3.05) is 33.0 Å². The van der Waals surface area contributed by atoms with Crippen LogP contribution in [0.4, 0.5) is 10.2 Å². The van der Waals surface area contributed by atoms with E-state index in [9.17, 15) is 9.18 Å². The van der Waals surface area contributed by atoms with Crippen molar-refractivity contribution < 1.29 is 9.13 Å². The number of halogens is 1. The molecule has 0 bridgehead atoms. The van der Waals surface area contributed by atoms with Crippen LogP contribution in [0.25, 0.3) is 33.3 Å². The van der Waals surface area contributed by atoms with Crippen LogP contribution in [0.15, 0.2) is 47.4 Å². The normalized spacial score (nSPS) is 14.6. The minimum absolute atomic E-state index is 0.0177. The Balaban J connectivity index is 1.59. The fraction of sp³-hybridized carbons (Fsp3) is 0.321. The van der Waals surface area contributed by atoms with Crippen LogP contribution in [-0.2, 0) is 11.3 Å². The Kier molecular flexibility index (Phi) is 6.55. The summed E-state index contributed by atoms with van der Waals surface area (Å²) in [5, 5.41) is 0.510. The van der Waals surface area contributed by atoms with Crippen LogP contribution in [0.2, 0.25) is 0 Å². The molecule has 36 heavy (non-hydrogen) atoms. The predicted octanol–water partition coefficient (Wildman–Crippen LogP) is 4.64. The molecule has 7 nitrogen and oxygen atoms in total. The van der Waals surface area contributed by atoms with Crippen LogP contribution < -0.4 is 11.3 Å². The van der Waals surface area contributed by atoms with E-state index in [-0.39, 0.29) is 11.2 Å². The molecule has 2 aromatic heterocycles. The molecule has 3 heterocycles. The first-order chi connectivity index (χ1) is 17.3. The molecule has 1 aliphatic rings. The maximum atomic E-state index is 15.0. The minimum Gasteiger partial charge on any atom is -0.382 e. The third-order valence-electron chi connectivity index (χ3n) is 6.69. The summed E-state index contributed by atoms with van der Waals surface area (Å²) in [5.41, 5.74) is 11.4. The molecule has 8 heteroatoms. The van der Waals surface area contributed by atoms with Gasteiger partial charge in [0.15, 0.2) is 0 Å². The van der Waals surface area contributed by atoms with Gasteiger partial charge in [-0.1, -0.05) is 12.1 Å². The lowest BCUT2D eigenvalue weighted by atomic mass is 9.87. The average molecular weight is 488 g/mol. The number of pyridine rings is 1. The van der Waals surface area contributed by atoms with Gasteiger partial charge < -0.3 is 20.4 Å². The van der Waals surface area contributed by atoms with E-state index in [1.54, 1.807) is 25.3 Å². The average Bonchev–Trinajstić information content (AvgIpc) is 2.83. The third kappa shape index (κ3) is 4.74. The van der Waals surface area contributed by atoms with Crippen molar-refractivity contribution in [2.24, 2.45) is 0 Å². The van der Waals surface area contributed by atoms with Crippen LogP contribution in [0.5, 0.6) is 0 Å². The number of benzene rings is 2. The fourth-order valence-electron chi connectivity index (χ4n) is 5.03. The largest absolute Gasteiger partial charge is 0.382 e. The van der Waals surface area contributed by atoms with E-state index in [1.165, 1.54) is 17.2 Å². The summed E-state index contributed by atoms with van der Waals surface area (Å²) < 4.78 is 20.5. The molecule has 0 unspecified atom stereocenters. The maximum Gasteiger partial charge on any atom is 0.258 e. The monoisotopic (exact) mass is 487 g/mol. The molecule has 0 saturated carbocycles. The first kappa shape index (κ1) is 24.1. The second-order valence-electron chi connectivity index (χ2n) is 9.73. The Morgan fingerprint density at radius 3 is 2.67 bits per heavy atom. The van der Waals surface area contributed by atoms with Crippen LogP contribution >= 0.6 is 0 Å². The van der Waals surface area contributed by atoms with Gasteiger partial charge in [-0.2, -0.15) is 0 Å². The zero-order chi connectivity index (χ0) is 25.4. The highest BCUT2D eigenvalue weighted by Gasteiger charge is 2.20. The summed E-state index contributed by atoms with van der Waals surface area (Å²) in [7, 11) is 4.12. The lowest BCUT2D eigenvalue weighted by molar-refractivity contribution is 0.0850. The number of nitrogens with two attached hydrogens (primary N) is 1. The maximum absolute atomic E-state index is 15.0. The lowest BCUT2D eigenvalue weighted by Gasteiger charge is -2.26. The smallest absolute Gasteiger partial charge is 0.258 e. The lowest BCUT2D eigenvalue weighted by Crippen LogP contribution is -2.18. The standard InChI is InChI=1S/C28H30FN5O2/c1-16-10-19-12-20(13-23(29)25(19)28(35)32-16)26-27(30)31-14-24(33-26)18-4-5-22(17-6-8-36-9-7-17)21(11-18)15-34(2)3/h4-5,10-14,17H,6-9,15H2,1-3H3,(H2,30,31)(H,32,35). The number of nitrogen functional groups attached to an aromatic ring is 1. The summed E-state index contributed by atoms with van der Waals surface area (Å²) in [6, 6.07) is 11.2. The van der Waals surface area contributed by atoms with Gasteiger partial charge in [-0.05, 0) is 80.6 Å². The number of hydrogen-bond donors (Lipinski definition) is 2. The minimum atomic E-state index is -0.621. The van der Waals surface area contributed by atoms with Gasteiger partial charge in [-0.15, -0.1) is 0 Å². The number of anilines is 1. The number of aryl methyl sites for hydroxylation is 1. The number of aromatic amines is 1. The molecule has 0 amide bonds. The molecule has 5 rings (SSSR count). The Morgan fingerprint density at radius 2 is 1.92 bits per heavy atom. The molecule has 2 aromatic carbocycles. The van der Waals surface area contributed by atoms with Crippen molar-refractivity contribution in [3.05, 3.63) is 75.6 Å². The van der Waals surface area contributed by atoms with Gasteiger partial charge in [0, 0.05) is 36.6 Å². The van der Waals surface area contributed by atoms with Gasteiger partial charge in [-0.25, -0.2) is 14.4 Å². The Hall–Kier alpha value is -3.62. The molecule has 1 saturated heterocycles. The molecule has 0 atom stereocenters. The molecule has 0 radical (unpaired) electrons. The highest BCUT2D eigenvalue weighted by Crippen LogP contribution is 2.34. The number of aromatic nitrogens is 3. The second kappa shape index (κ2) is 9.79. The number of fused-ring (bicyclic) bond motifs is 1. The van der Waals surface area contributed by atoms with Gasteiger partial charge in [0.2, 0.25) is 0 Å². The van der Waals surface area contributed by atoms with Gasteiger partial charge in [0.05, 0.1) is 17.3 Å². The van der Waals surface area contributed by atoms with Gasteiger partial charge >= 0.3 is 0 Å². The Bertz CT molecular complexity index is 1490. The van der Waals surface area contributed by atoms with E-state index >= 15 is 0 Å². The van der Waals surface area contributed by atoms with Gasteiger partial charge in [0.1, 0.15) is 17.3 Å². The predicted molar refractivity (Wildman–Crippen MR) is 140 cm³/mol. The summed E-state index contributed by atoms with van der Waals surface area (Å²) >= 11 is 0. The SMILES string of the molecule is Cc1cc2cc(-c3nc(-c4ccc(C5CCOCC5)c(CN(C)C)c4)cnc3N)cc(F)c2c(=O)[nH]1. The van der Waals surface area contributed by atoms with Crippen molar-refractivity contribution in [1.82, 2.24) is 19.9 Å². The number of nitrogens with zero attached hydrogens (tertiary/aromatic N) is 3. The molecule has 0 aliphatic carbocycles. The molecule has 1 aliphatic heterocycles. The topological polar surface area (TPSA) is 97.1 Å². The summed E-state index contributed by atoms with van der Waals surface area (Å²) in [6.45, 7) is 4.14. The molecular weight excluding hydrogens is 457 g/mol. The van der Waals surface area contributed by atoms with E-state index in [2.05, 4.69) is 47.2 Å². The highest BCUT2D eigenvalue weighted by atomic mass is 19.1. The van der Waals surface area contributed by atoms with Gasteiger partial charge in [-0.3, -0.25) is 4.79 Å². The molecule has 3 N–H and O–H groups in total. The van der Waals surface area contributed by atoms with E-state index < -0.39 is 11.4 Å².